The highest BCUT2D eigenvalue weighted by molar-refractivity contribution is 9.10. The summed E-state index contributed by atoms with van der Waals surface area (Å²) in [6, 6.07) is 3.07. The molecule has 0 spiro atoms. The second-order valence-electron chi connectivity index (χ2n) is 5.30. The molecular weight excluding hydrogens is 360 g/mol. The highest BCUT2D eigenvalue weighted by Crippen LogP contribution is 2.27. The minimum Gasteiger partial charge on any atom is -0.398 e. The van der Waals surface area contributed by atoms with Crippen molar-refractivity contribution in [2.24, 2.45) is 0 Å². The van der Waals surface area contributed by atoms with Crippen LogP contribution in [0.2, 0.25) is 0 Å². The summed E-state index contributed by atoms with van der Waals surface area (Å²) in [7, 11) is -3.72. The number of nitrogens with two attached hydrogens (primary N) is 1. The van der Waals surface area contributed by atoms with E-state index < -0.39 is 15.6 Å². The first-order valence-electron chi connectivity index (χ1n) is 6.59. The molecule has 0 unspecified atom stereocenters. The molecule has 1 fully saturated rings. The number of aliphatic hydroxyl groups is 1. The monoisotopic (exact) mass is 378 g/mol. The Bertz CT molecular complexity index is 627. The Morgan fingerprint density at radius 1 is 1.43 bits per heavy atom. The van der Waals surface area contributed by atoms with Crippen molar-refractivity contribution in [3.63, 3.8) is 0 Å². The summed E-state index contributed by atoms with van der Waals surface area (Å²) in [4.78, 5) is 0.124. The quantitative estimate of drug-likeness (QED) is 0.682. The van der Waals surface area contributed by atoms with E-state index in [0.29, 0.717) is 41.8 Å². The van der Waals surface area contributed by atoms with Gasteiger partial charge in [-0.1, -0.05) is 0 Å². The second-order valence-corrected chi connectivity index (χ2v) is 7.89. The van der Waals surface area contributed by atoms with Crippen LogP contribution in [0.15, 0.2) is 21.5 Å². The maximum absolute atomic E-state index is 12.4. The lowest BCUT2D eigenvalue weighted by atomic mass is 9.95. The third kappa shape index (κ3) is 3.95. The van der Waals surface area contributed by atoms with Crippen LogP contribution in [0.5, 0.6) is 0 Å². The van der Waals surface area contributed by atoms with Crippen molar-refractivity contribution < 1.29 is 18.3 Å². The number of ether oxygens (including phenoxy) is 1. The van der Waals surface area contributed by atoms with Crippen molar-refractivity contribution in [2.75, 3.05) is 25.5 Å². The van der Waals surface area contributed by atoms with Gasteiger partial charge in [0.25, 0.3) is 0 Å². The number of nitrogens with one attached hydrogen (secondary N) is 1. The number of rotatable bonds is 4. The number of sulfonamides is 1. The second kappa shape index (κ2) is 6.21. The van der Waals surface area contributed by atoms with Gasteiger partial charge in [0.2, 0.25) is 10.0 Å². The van der Waals surface area contributed by atoms with Gasteiger partial charge in [-0.15, -0.1) is 0 Å². The highest BCUT2D eigenvalue weighted by atomic mass is 79.9. The number of hydrogen-bond donors (Lipinski definition) is 3. The van der Waals surface area contributed by atoms with Gasteiger partial charge in [0.1, 0.15) is 0 Å². The van der Waals surface area contributed by atoms with Gasteiger partial charge < -0.3 is 15.6 Å². The Labute approximate surface area is 132 Å². The fraction of sp³-hybridized carbons (Fsp3) is 0.538. The van der Waals surface area contributed by atoms with E-state index in [1.54, 1.807) is 13.0 Å². The predicted octanol–water partition coefficient (Wildman–Crippen LogP) is 1.16. The van der Waals surface area contributed by atoms with E-state index in [0.717, 1.165) is 0 Å². The van der Waals surface area contributed by atoms with Crippen molar-refractivity contribution in [3.05, 3.63) is 22.2 Å². The topological polar surface area (TPSA) is 102 Å². The van der Waals surface area contributed by atoms with Gasteiger partial charge >= 0.3 is 0 Å². The molecule has 8 heteroatoms. The molecule has 1 saturated heterocycles. The molecule has 1 aliphatic rings. The molecule has 4 N–H and O–H groups in total. The van der Waals surface area contributed by atoms with Crippen LogP contribution in [0, 0.1) is 6.92 Å². The average molecular weight is 379 g/mol. The number of hydrogen-bond acceptors (Lipinski definition) is 5. The number of aryl methyl sites for hydroxylation is 1. The molecule has 0 saturated carbocycles. The molecule has 0 radical (unpaired) electrons. The predicted molar refractivity (Wildman–Crippen MR) is 83.5 cm³/mol. The lowest BCUT2D eigenvalue weighted by Gasteiger charge is -2.32. The van der Waals surface area contributed by atoms with Gasteiger partial charge in [-0.25, -0.2) is 13.1 Å². The van der Waals surface area contributed by atoms with Crippen molar-refractivity contribution >= 4 is 31.6 Å². The van der Waals surface area contributed by atoms with Crippen LogP contribution in [-0.2, 0) is 14.8 Å². The van der Waals surface area contributed by atoms with E-state index in [2.05, 4.69) is 20.7 Å². The zero-order valence-electron chi connectivity index (χ0n) is 11.7. The first-order chi connectivity index (χ1) is 9.73. The van der Waals surface area contributed by atoms with E-state index in [4.69, 9.17) is 10.5 Å². The molecule has 0 bridgehead atoms. The first-order valence-corrected chi connectivity index (χ1v) is 8.87. The van der Waals surface area contributed by atoms with E-state index in [1.165, 1.54) is 6.07 Å². The molecule has 1 aromatic carbocycles. The van der Waals surface area contributed by atoms with Gasteiger partial charge in [-0.05, 0) is 40.5 Å². The summed E-state index contributed by atoms with van der Waals surface area (Å²) < 4.78 is 33.0. The van der Waals surface area contributed by atoms with Crippen LogP contribution in [0.3, 0.4) is 0 Å². The summed E-state index contributed by atoms with van der Waals surface area (Å²) in [6.45, 7) is 2.53. The van der Waals surface area contributed by atoms with Crippen LogP contribution in [0.4, 0.5) is 5.69 Å². The molecule has 0 amide bonds. The van der Waals surface area contributed by atoms with Crippen LogP contribution in [0.1, 0.15) is 18.4 Å². The highest BCUT2D eigenvalue weighted by Gasteiger charge is 2.31. The van der Waals surface area contributed by atoms with Crippen molar-refractivity contribution in [3.8, 4) is 0 Å². The standard InChI is InChI=1S/C13H19BrN2O4S/c1-9-6-10(14)11(15)7-12(9)21(18,19)16-8-13(17)2-4-20-5-3-13/h6-7,16-17H,2-5,8,15H2,1H3. The van der Waals surface area contributed by atoms with E-state index in [9.17, 15) is 13.5 Å². The van der Waals surface area contributed by atoms with Crippen molar-refractivity contribution in [2.45, 2.75) is 30.3 Å². The summed E-state index contributed by atoms with van der Waals surface area (Å²) in [5, 5.41) is 10.3. The molecule has 1 aliphatic heterocycles. The molecule has 6 nitrogen and oxygen atoms in total. The fourth-order valence-corrected chi connectivity index (χ4v) is 4.03. The number of nitrogen functional groups attached to an aromatic ring is 1. The van der Waals surface area contributed by atoms with Crippen molar-refractivity contribution in [1.29, 1.82) is 0 Å². The largest absolute Gasteiger partial charge is 0.398 e. The molecule has 1 aromatic rings. The Kier molecular flexibility index (Phi) is 4.94. The Balaban J connectivity index is 2.17. The van der Waals surface area contributed by atoms with Crippen molar-refractivity contribution in [1.82, 2.24) is 4.72 Å². The summed E-state index contributed by atoms with van der Waals surface area (Å²) in [5.74, 6) is 0. The first kappa shape index (κ1) is 16.7. The third-order valence-corrected chi connectivity index (χ3v) is 5.83. The fourth-order valence-electron chi connectivity index (χ4n) is 2.19. The zero-order valence-corrected chi connectivity index (χ0v) is 14.1. The van der Waals surface area contributed by atoms with Gasteiger partial charge in [0.15, 0.2) is 0 Å². The van der Waals surface area contributed by atoms with Crippen LogP contribution >= 0.6 is 15.9 Å². The average Bonchev–Trinajstić information content (AvgIpc) is 2.42. The summed E-state index contributed by atoms with van der Waals surface area (Å²) >= 11 is 3.26. The van der Waals surface area contributed by atoms with E-state index in [1.807, 2.05) is 0 Å². The molecular formula is C13H19BrN2O4S. The van der Waals surface area contributed by atoms with Gasteiger partial charge in [0, 0.05) is 42.8 Å². The van der Waals surface area contributed by atoms with Crippen LogP contribution < -0.4 is 10.5 Å². The minimum absolute atomic E-state index is 0.0336. The maximum atomic E-state index is 12.4. The number of benzene rings is 1. The third-order valence-electron chi connectivity index (χ3n) is 3.60. The molecule has 2 rings (SSSR count). The van der Waals surface area contributed by atoms with E-state index in [-0.39, 0.29) is 11.4 Å². The SMILES string of the molecule is Cc1cc(Br)c(N)cc1S(=O)(=O)NCC1(O)CCOCC1. The van der Waals surface area contributed by atoms with E-state index >= 15 is 0 Å². The lowest BCUT2D eigenvalue weighted by Crippen LogP contribution is -2.46. The molecule has 0 aromatic heterocycles. The minimum atomic E-state index is -3.72. The Morgan fingerprint density at radius 3 is 2.67 bits per heavy atom. The van der Waals surface area contributed by atoms with Gasteiger partial charge in [0.05, 0.1) is 10.5 Å². The zero-order chi connectivity index (χ0) is 15.7. The van der Waals surface area contributed by atoms with Crippen LogP contribution in [0.25, 0.3) is 0 Å². The van der Waals surface area contributed by atoms with Gasteiger partial charge in [-0.2, -0.15) is 0 Å². The normalized spacial score (nSPS) is 18.6. The molecule has 21 heavy (non-hydrogen) atoms. The maximum Gasteiger partial charge on any atom is 0.241 e. The molecule has 0 atom stereocenters. The molecule has 1 heterocycles. The molecule has 0 aliphatic carbocycles. The Hall–Kier alpha value is -0.670. The number of anilines is 1. The summed E-state index contributed by atoms with van der Waals surface area (Å²) in [5.41, 5.74) is 5.63. The summed E-state index contributed by atoms with van der Waals surface area (Å²) in [6.07, 6.45) is 0.827. The number of halogens is 1. The lowest BCUT2D eigenvalue weighted by molar-refractivity contribution is -0.0588. The van der Waals surface area contributed by atoms with Crippen LogP contribution in [-0.4, -0.2) is 38.9 Å². The molecule has 118 valence electrons. The Morgan fingerprint density at radius 2 is 2.05 bits per heavy atom. The smallest absolute Gasteiger partial charge is 0.241 e. The van der Waals surface area contributed by atoms with Gasteiger partial charge in [-0.3, -0.25) is 0 Å².